The fourth-order valence-corrected chi connectivity index (χ4v) is 4.75. The van der Waals surface area contributed by atoms with E-state index in [1.807, 2.05) is 11.8 Å². The molecule has 4 heteroatoms. The molecular formula is C14H18INOS. The topological polar surface area (TPSA) is 21.3 Å². The van der Waals surface area contributed by atoms with Crippen molar-refractivity contribution in [3.8, 4) is 0 Å². The molecule has 2 atom stereocenters. The minimum atomic E-state index is 0.169. The van der Waals surface area contributed by atoms with Gasteiger partial charge in [0.1, 0.15) is 0 Å². The van der Waals surface area contributed by atoms with Crippen LogP contribution in [0.1, 0.15) is 19.3 Å². The third-order valence-corrected chi connectivity index (χ3v) is 5.65. The Labute approximate surface area is 126 Å². The maximum Gasteiger partial charge on any atom is 0.0799 e. The van der Waals surface area contributed by atoms with E-state index in [-0.39, 0.29) is 5.60 Å². The summed E-state index contributed by atoms with van der Waals surface area (Å²) >= 11 is 4.40. The van der Waals surface area contributed by atoms with E-state index in [1.54, 1.807) is 0 Å². The van der Waals surface area contributed by atoms with E-state index in [9.17, 15) is 0 Å². The van der Waals surface area contributed by atoms with Crippen LogP contribution in [0.5, 0.6) is 0 Å². The van der Waals surface area contributed by atoms with E-state index >= 15 is 0 Å². The van der Waals surface area contributed by atoms with Gasteiger partial charge in [0.2, 0.25) is 0 Å². The fourth-order valence-electron chi connectivity index (χ4n) is 2.83. The highest BCUT2D eigenvalue weighted by molar-refractivity contribution is 14.1. The van der Waals surface area contributed by atoms with Crippen LogP contribution in [0.3, 0.4) is 0 Å². The number of halogens is 1. The van der Waals surface area contributed by atoms with Crippen LogP contribution < -0.4 is 5.32 Å². The third-order valence-electron chi connectivity index (χ3n) is 3.76. The van der Waals surface area contributed by atoms with Crippen LogP contribution in [-0.4, -0.2) is 29.8 Å². The number of hydrogen-bond donors (Lipinski definition) is 1. The lowest BCUT2D eigenvalue weighted by molar-refractivity contribution is -0.0628. The SMILES string of the molecule is Ic1cccc(NC2CCOC3(CCSC3)C2)c1. The van der Waals surface area contributed by atoms with Crippen LogP contribution in [0, 0.1) is 3.57 Å². The van der Waals surface area contributed by atoms with Crippen LogP contribution in [0.4, 0.5) is 5.69 Å². The summed E-state index contributed by atoms with van der Waals surface area (Å²) in [6.07, 6.45) is 3.51. The van der Waals surface area contributed by atoms with Gasteiger partial charge in [-0.25, -0.2) is 0 Å². The van der Waals surface area contributed by atoms with Crippen LogP contribution in [0.15, 0.2) is 24.3 Å². The molecule has 1 spiro atoms. The average Bonchev–Trinajstić information content (AvgIpc) is 2.77. The van der Waals surface area contributed by atoms with Gasteiger partial charge in [0.25, 0.3) is 0 Å². The van der Waals surface area contributed by atoms with Gasteiger partial charge in [-0.15, -0.1) is 0 Å². The summed E-state index contributed by atoms with van der Waals surface area (Å²) in [5.41, 5.74) is 1.41. The predicted molar refractivity (Wildman–Crippen MR) is 86.4 cm³/mol. The largest absolute Gasteiger partial charge is 0.382 e. The molecule has 2 unspecified atom stereocenters. The molecule has 3 rings (SSSR count). The highest BCUT2D eigenvalue weighted by Crippen LogP contribution is 2.38. The maximum atomic E-state index is 6.06. The molecule has 0 saturated carbocycles. The monoisotopic (exact) mass is 375 g/mol. The van der Waals surface area contributed by atoms with Crippen molar-refractivity contribution in [3.05, 3.63) is 27.8 Å². The summed E-state index contributed by atoms with van der Waals surface area (Å²) in [6, 6.07) is 9.19. The molecule has 1 aromatic rings. The quantitative estimate of drug-likeness (QED) is 0.796. The Balaban J connectivity index is 1.66. The number of ether oxygens (including phenoxy) is 1. The maximum absolute atomic E-state index is 6.06. The third kappa shape index (κ3) is 2.96. The van der Waals surface area contributed by atoms with Gasteiger partial charge < -0.3 is 10.1 Å². The normalized spacial score (nSPS) is 31.7. The Morgan fingerprint density at radius 3 is 3.17 bits per heavy atom. The summed E-state index contributed by atoms with van der Waals surface area (Å²) in [5, 5.41) is 3.68. The molecule has 0 bridgehead atoms. The van der Waals surface area contributed by atoms with Gasteiger partial charge in [0, 0.05) is 27.7 Å². The Kier molecular flexibility index (Phi) is 4.06. The Morgan fingerprint density at radius 1 is 1.44 bits per heavy atom. The van der Waals surface area contributed by atoms with Gasteiger partial charge in [0.05, 0.1) is 5.60 Å². The molecule has 2 aliphatic heterocycles. The smallest absolute Gasteiger partial charge is 0.0799 e. The Bertz CT molecular complexity index is 420. The molecule has 2 fully saturated rings. The van der Waals surface area contributed by atoms with Gasteiger partial charge in [-0.3, -0.25) is 0 Å². The van der Waals surface area contributed by atoms with Crippen LogP contribution in [0.25, 0.3) is 0 Å². The zero-order valence-electron chi connectivity index (χ0n) is 10.3. The van der Waals surface area contributed by atoms with Gasteiger partial charge >= 0.3 is 0 Å². The molecule has 2 aliphatic rings. The fraction of sp³-hybridized carbons (Fsp3) is 0.571. The van der Waals surface area contributed by atoms with E-state index in [0.29, 0.717) is 6.04 Å². The second-order valence-electron chi connectivity index (χ2n) is 5.18. The van der Waals surface area contributed by atoms with Crippen molar-refractivity contribution in [2.45, 2.75) is 30.9 Å². The Morgan fingerprint density at radius 2 is 2.39 bits per heavy atom. The molecule has 2 saturated heterocycles. The number of benzene rings is 1. The molecular weight excluding hydrogens is 357 g/mol. The standard InChI is InChI=1S/C14H18INOS/c15-11-2-1-3-12(8-11)16-13-4-6-17-14(9-13)5-7-18-10-14/h1-3,8,13,16H,4-7,9-10H2. The minimum Gasteiger partial charge on any atom is -0.382 e. The predicted octanol–water partition coefficient (Wildman–Crippen LogP) is 3.76. The molecule has 18 heavy (non-hydrogen) atoms. The molecule has 0 aromatic heterocycles. The summed E-state index contributed by atoms with van der Waals surface area (Å²) in [7, 11) is 0. The number of rotatable bonds is 2. The first-order valence-corrected chi connectivity index (χ1v) is 8.73. The van der Waals surface area contributed by atoms with Crippen molar-refractivity contribution in [3.63, 3.8) is 0 Å². The van der Waals surface area contributed by atoms with Crippen LogP contribution >= 0.6 is 34.4 Å². The lowest BCUT2D eigenvalue weighted by Gasteiger charge is -2.38. The number of hydrogen-bond acceptors (Lipinski definition) is 3. The van der Waals surface area contributed by atoms with E-state index in [0.717, 1.165) is 19.4 Å². The molecule has 0 amide bonds. The summed E-state index contributed by atoms with van der Waals surface area (Å²) < 4.78 is 7.34. The summed E-state index contributed by atoms with van der Waals surface area (Å²) in [4.78, 5) is 0. The number of thioether (sulfide) groups is 1. The molecule has 0 aliphatic carbocycles. The highest BCUT2D eigenvalue weighted by atomic mass is 127. The average molecular weight is 375 g/mol. The first-order valence-electron chi connectivity index (χ1n) is 6.50. The summed E-state index contributed by atoms with van der Waals surface area (Å²) in [5.74, 6) is 2.44. The molecule has 98 valence electrons. The lowest BCUT2D eigenvalue weighted by Crippen LogP contribution is -2.44. The van der Waals surface area contributed by atoms with Crippen molar-refractivity contribution < 1.29 is 4.74 Å². The molecule has 1 N–H and O–H groups in total. The van der Waals surface area contributed by atoms with E-state index in [2.05, 4.69) is 52.2 Å². The van der Waals surface area contributed by atoms with Crippen molar-refractivity contribution in [1.29, 1.82) is 0 Å². The zero-order valence-corrected chi connectivity index (χ0v) is 13.3. The zero-order chi connectivity index (χ0) is 12.4. The minimum absolute atomic E-state index is 0.169. The number of anilines is 1. The van der Waals surface area contributed by atoms with Gasteiger partial charge in [-0.2, -0.15) is 11.8 Å². The Hall–Kier alpha value is 0.0600. The lowest BCUT2D eigenvalue weighted by atomic mass is 9.90. The van der Waals surface area contributed by atoms with Crippen molar-refractivity contribution in [2.24, 2.45) is 0 Å². The van der Waals surface area contributed by atoms with Crippen LogP contribution in [0.2, 0.25) is 0 Å². The van der Waals surface area contributed by atoms with Crippen LogP contribution in [-0.2, 0) is 4.74 Å². The first-order chi connectivity index (χ1) is 8.76. The van der Waals surface area contributed by atoms with Gasteiger partial charge in [0.15, 0.2) is 0 Å². The second kappa shape index (κ2) is 5.59. The second-order valence-corrected chi connectivity index (χ2v) is 7.53. The summed E-state index contributed by atoms with van der Waals surface area (Å²) in [6.45, 7) is 0.905. The van der Waals surface area contributed by atoms with Gasteiger partial charge in [-0.05, 0) is 65.8 Å². The molecule has 0 radical (unpaired) electrons. The van der Waals surface area contributed by atoms with Crippen molar-refractivity contribution >= 4 is 40.0 Å². The van der Waals surface area contributed by atoms with Crippen molar-refractivity contribution in [2.75, 3.05) is 23.4 Å². The van der Waals surface area contributed by atoms with Crippen molar-refractivity contribution in [1.82, 2.24) is 0 Å². The van der Waals surface area contributed by atoms with E-state index in [1.165, 1.54) is 27.2 Å². The van der Waals surface area contributed by atoms with Gasteiger partial charge in [-0.1, -0.05) is 6.07 Å². The van der Waals surface area contributed by atoms with E-state index < -0.39 is 0 Å². The van der Waals surface area contributed by atoms with E-state index in [4.69, 9.17) is 4.74 Å². The number of nitrogens with one attached hydrogen (secondary N) is 1. The first kappa shape index (κ1) is 13.1. The highest BCUT2D eigenvalue weighted by Gasteiger charge is 2.40. The molecule has 1 aromatic carbocycles. The molecule has 2 heterocycles. The molecule has 2 nitrogen and oxygen atoms in total.